The number of hydrogen-bond donors (Lipinski definition) is 1. The predicted molar refractivity (Wildman–Crippen MR) is 152 cm³/mol. The maximum Gasteiger partial charge on any atom is 0.420 e. The van der Waals surface area contributed by atoms with Crippen LogP contribution in [-0.2, 0) is 22.9 Å². The van der Waals surface area contributed by atoms with Gasteiger partial charge < -0.3 is 19.2 Å². The molecular weight excluding hydrogens is 557 g/mol. The quantitative estimate of drug-likeness (QED) is 0.324. The third-order valence-electron chi connectivity index (χ3n) is 7.59. The molecule has 218 valence electrons. The minimum atomic E-state index is -4.47. The van der Waals surface area contributed by atoms with Crippen LogP contribution in [-0.4, -0.2) is 61.1 Å². The molecule has 5 rings (SSSR count). The fourth-order valence-electron chi connectivity index (χ4n) is 5.46. The van der Waals surface area contributed by atoms with Crippen molar-refractivity contribution in [1.82, 2.24) is 14.0 Å². The first-order chi connectivity index (χ1) is 19.3. The fraction of sp³-hybridized carbons (Fsp3) is 0.414. The normalized spacial score (nSPS) is 18.1. The third kappa shape index (κ3) is 6.31. The predicted octanol–water partition coefficient (Wildman–Crippen LogP) is 4.85. The van der Waals surface area contributed by atoms with Gasteiger partial charge in [0, 0.05) is 35.5 Å². The van der Waals surface area contributed by atoms with E-state index in [1.807, 2.05) is 6.07 Å². The van der Waals surface area contributed by atoms with Gasteiger partial charge in [0.25, 0.3) is 0 Å². The Hall–Kier alpha value is -3.69. The number of hydrogen-bond acceptors (Lipinski definition) is 6. The molecule has 1 N–H and O–H groups in total. The summed E-state index contributed by atoms with van der Waals surface area (Å²) in [4.78, 5) is 14.7. The second-order valence-corrected chi connectivity index (χ2v) is 12.8. The monoisotopic (exact) mass is 588 g/mol. The van der Waals surface area contributed by atoms with E-state index in [0.29, 0.717) is 22.5 Å². The van der Waals surface area contributed by atoms with Gasteiger partial charge in [-0.25, -0.2) is 13.2 Å². The Balaban J connectivity index is 1.46. The van der Waals surface area contributed by atoms with Gasteiger partial charge >= 0.3 is 11.9 Å². The second kappa shape index (κ2) is 10.9. The summed E-state index contributed by atoms with van der Waals surface area (Å²) in [6.45, 7) is -1.36. The first kappa shape index (κ1) is 28.8. The average molecular weight is 589 g/mol. The lowest BCUT2D eigenvalue weighted by molar-refractivity contribution is -0.140. The number of benzene rings is 2. The highest BCUT2D eigenvalue weighted by molar-refractivity contribution is 7.90. The zero-order valence-electron chi connectivity index (χ0n) is 23.0. The molecule has 4 aromatic rings. The van der Waals surface area contributed by atoms with Crippen LogP contribution in [0.4, 0.5) is 18.9 Å². The Morgan fingerprint density at radius 1 is 1.05 bits per heavy atom. The highest BCUT2D eigenvalue weighted by atomic mass is 32.2. The van der Waals surface area contributed by atoms with Crippen LogP contribution in [0.15, 0.2) is 56.6 Å². The SMILES string of the molecule is CN(C)[C@H]1CC[C@@H](Nc2cccc3c2cc(C#CCn2c(=O)oc4cc(S(C)(=O)=O)ccc42)n3CC(F)(F)F)CC1. The molecule has 41 heavy (non-hydrogen) atoms. The van der Waals surface area contributed by atoms with Gasteiger partial charge in [0.1, 0.15) is 6.54 Å². The molecule has 0 spiro atoms. The molecule has 1 fully saturated rings. The van der Waals surface area contributed by atoms with Crippen LogP contribution in [0, 0.1) is 11.8 Å². The van der Waals surface area contributed by atoms with Gasteiger partial charge in [-0.2, -0.15) is 13.2 Å². The van der Waals surface area contributed by atoms with E-state index in [9.17, 15) is 26.4 Å². The minimum Gasteiger partial charge on any atom is -0.408 e. The number of alkyl halides is 3. The molecule has 12 heteroatoms. The summed E-state index contributed by atoms with van der Waals surface area (Å²) in [6.07, 6.45) is 0.605. The topological polar surface area (TPSA) is 89.5 Å². The molecule has 2 heterocycles. The minimum absolute atomic E-state index is 0.00353. The molecular formula is C29H31F3N4O4S. The number of rotatable bonds is 6. The van der Waals surface area contributed by atoms with Gasteiger partial charge in [0.2, 0.25) is 0 Å². The standard InChI is InChI=1S/C29H31F3N4O4S/c1-34(2)20-11-9-19(10-12-20)33-24-7-4-8-25-23(24)16-21(36(25)18-29(30,31)32)6-5-15-35-26-14-13-22(41(3,38)39)17-27(26)40-28(35)37/h4,7-8,13-14,16-17,19-20,33H,9-12,15,18H2,1-3H3/t19-,20+. The highest BCUT2D eigenvalue weighted by Gasteiger charge is 2.30. The van der Waals surface area contributed by atoms with Crippen molar-refractivity contribution in [2.24, 2.45) is 0 Å². The Labute approximate surface area is 235 Å². The molecule has 0 radical (unpaired) electrons. The van der Waals surface area contributed by atoms with Crippen molar-refractivity contribution in [3.05, 3.63) is 58.7 Å². The van der Waals surface area contributed by atoms with Gasteiger partial charge in [-0.3, -0.25) is 4.57 Å². The van der Waals surface area contributed by atoms with Crippen molar-refractivity contribution in [2.75, 3.05) is 25.7 Å². The first-order valence-electron chi connectivity index (χ1n) is 13.2. The molecule has 1 aliphatic rings. The summed E-state index contributed by atoms with van der Waals surface area (Å²) in [5, 5.41) is 4.19. The number of nitrogens with one attached hydrogen (secondary N) is 1. The maximum atomic E-state index is 13.6. The highest BCUT2D eigenvalue weighted by Crippen LogP contribution is 2.32. The van der Waals surface area contributed by atoms with Crippen molar-refractivity contribution in [1.29, 1.82) is 0 Å². The Morgan fingerprint density at radius 3 is 2.44 bits per heavy atom. The number of nitrogens with zero attached hydrogens (tertiary/aromatic N) is 3. The number of oxazole rings is 1. The summed E-state index contributed by atoms with van der Waals surface area (Å²) in [5.74, 6) is 4.89. The molecule has 2 aromatic heterocycles. The van der Waals surface area contributed by atoms with Gasteiger partial charge in [0.05, 0.1) is 28.2 Å². The Kier molecular flexibility index (Phi) is 7.70. The van der Waals surface area contributed by atoms with Crippen LogP contribution in [0.2, 0.25) is 0 Å². The lowest BCUT2D eigenvalue weighted by Crippen LogP contribution is -2.36. The molecule has 0 atom stereocenters. The zero-order valence-corrected chi connectivity index (χ0v) is 23.8. The van der Waals surface area contributed by atoms with Crippen molar-refractivity contribution in [3.63, 3.8) is 0 Å². The van der Waals surface area contributed by atoms with E-state index >= 15 is 0 Å². The molecule has 8 nitrogen and oxygen atoms in total. The van der Waals surface area contributed by atoms with Crippen LogP contribution in [0.1, 0.15) is 31.4 Å². The number of anilines is 1. The van der Waals surface area contributed by atoms with Gasteiger partial charge in [-0.05, 0) is 76.0 Å². The lowest BCUT2D eigenvalue weighted by Gasteiger charge is -2.33. The van der Waals surface area contributed by atoms with E-state index < -0.39 is 28.3 Å². The Morgan fingerprint density at radius 2 is 1.78 bits per heavy atom. The molecule has 0 aliphatic heterocycles. The van der Waals surface area contributed by atoms with Crippen LogP contribution < -0.4 is 11.1 Å². The van der Waals surface area contributed by atoms with E-state index in [1.165, 1.54) is 22.8 Å². The summed E-state index contributed by atoms with van der Waals surface area (Å²) in [5.41, 5.74) is 1.77. The van der Waals surface area contributed by atoms with Crippen LogP contribution >= 0.6 is 0 Å². The van der Waals surface area contributed by atoms with Gasteiger partial charge in [0.15, 0.2) is 15.4 Å². The van der Waals surface area contributed by atoms with E-state index in [0.717, 1.165) is 42.2 Å². The first-order valence-corrected chi connectivity index (χ1v) is 15.1. The zero-order chi connectivity index (χ0) is 29.5. The fourth-order valence-corrected chi connectivity index (χ4v) is 6.09. The molecule has 0 unspecified atom stereocenters. The lowest BCUT2D eigenvalue weighted by atomic mass is 9.90. The van der Waals surface area contributed by atoms with Gasteiger partial charge in [-0.15, -0.1) is 0 Å². The van der Waals surface area contributed by atoms with Gasteiger partial charge in [-0.1, -0.05) is 12.0 Å². The summed E-state index contributed by atoms with van der Waals surface area (Å²) >= 11 is 0. The summed E-state index contributed by atoms with van der Waals surface area (Å²) in [6, 6.07) is 11.7. The van der Waals surface area contributed by atoms with Crippen molar-refractivity contribution < 1.29 is 26.0 Å². The van der Waals surface area contributed by atoms with Crippen LogP contribution in [0.25, 0.3) is 22.0 Å². The molecule has 0 amide bonds. The summed E-state index contributed by atoms with van der Waals surface area (Å²) < 4.78 is 72.0. The smallest absolute Gasteiger partial charge is 0.408 e. The molecule has 1 aliphatic carbocycles. The van der Waals surface area contributed by atoms with E-state index in [-0.39, 0.29) is 28.8 Å². The van der Waals surface area contributed by atoms with Crippen molar-refractivity contribution in [3.8, 4) is 11.8 Å². The molecule has 1 saturated carbocycles. The summed E-state index contributed by atoms with van der Waals surface area (Å²) in [7, 11) is 0.646. The van der Waals surface area contributed by atoms with Crippen LogP contribution in [0.5, 0.6) is 0 Å². The van der Waals surface area contributed by atoms with Crippen molar-refractivity contribution in [2.45, 2.75) is 61.9 Å². The average Bonchev–Trinajstić information content (AvgIpc) is 3.39. The molecule has 2 aromatic carbocycles. The Bertz CT molecular complexity index is 1820. The number of halogens is 3. The third-order valence-corrected chi connectivity index (χ3v) is 8.70. The van der Waals surface area contributed by atoms with E-state index in [1.54, 1.807) is 18.2 Å². The number of aromatic nitrogens is 2. The van der Waals surface area contributed by atoms with Crippen LogP contribution in [0.3, 0.4) is 0 Å². The van der Waals surface area contributed by atoms with E-state index in [4.69, 9.17) is 4.42 Å². The molecule has 0 bridgehead atoms. The number of sulfone groups is 1. The van der Waals surface area contributed by atoms with E-state index in [2.05, 4.69) is 36.2 Å². The molecule has 0 saturated heterocycles. The number of fused-ring (bicyclic) bond motifs is 2. The maximum absolute atomic E-state index is 13.6. The van der Waals surface area contributed by atoms with Crippen molar-refractivity contribution >= 4 is 37.5 Å². The largest absolute Gasteiger partial charge is 0.420 e. The second-order valence-electron chi connectivity index (χ2n) is 10.7.